The molecule has 1 aromatic rings. The zero-order valence-electron chi connectivity index (χ0n) is 10.6. The van der Waals surface area contributed by atoms with Crippen LogP contribution in [-0.2, 0) is 4.74 Å². The number of halogens is 2. The molecule has 104 valence electrons. The van der Waals surface area contributed by atoms with Gasteiger partial charge in [-0.3, -0.25) is 4.79 Å². The van der Waals surface area contributed by atoms with Crippen molar-refractivity contribution in [3.63, 3.8) is 0 Å². The SMILES string of the molecule is O=C(NCCOC1CCCC1)c1cccc(Br)c1Cl. The summed E-state index contributed by atoms with van der Waals surface area (Å²) in [5, 5.41) is 3.26. The number of amides is 1. The number of hydrogen-bond donors (Lipinski definition) is 1. The second-order valence-electron chi connectivity index (χ2n) is 4.63. The summed E-state index contributed by atoms with van der Waals surface area (Å²) in [6.07, 6.45) is 5.18. The van der Waals surface area contributed by atoms with Crippen LogP contribution in [0.5, 0.6) is 0 Å². The predicted octanol–water partition coefficient (Wildman–Crippen LogP) is 3.79. The highest BCUT2D eigenvalue weighted by Crippen LogP contribution is 2.25. The summed E-state index contributed by atoms with van der Waals surface area (Å²) in [4.78, 5) is 11.9. The number of hydrogen-bond acceptors (Lipinski definition) is 2. The van der Waals surface area contributed by atoms with E-state index in [1.807, 2.05) is 6.07 Å². The minimum Gasteiger partial charge on any atom is -0.376 e. The molecule has 1 amide bonds. The lowest BCUT2D eigenvalue weighted by molar-refractivity contribution is 0.0582. The molecule has 1 N–H and O–H groups in total. The summed E-state index contributed by atoms with van der Waals surface area (Å²) in [6, 6.07) is 5.31. The van der Waals surface area contributed by atoms with Gasteiger partial charge in [0.05, 0.1) is 23.3 Å². The molecule has 5 heteroatoms. The number of rotatable bonds is 5. The number of nitrogens with one attached hydrogen (secondary N) is 1. The van der Waals surface area contributed by atoms with Gasteiger partial charge < -0.3 is 10.1 Å². The number of benzene rings is 1. The van der Waals surface area contributed by atoms with Crippen molar-refractivity contribution >= 4 is 33.4 Å². The molecule has 0 aliphatic heterocycles. The maximum atomic E-state index is 11.9. The fourth-order valence-corrected chi connectivity index (χ4v) is 2.80. The molecule has 0 atom stereocenters. The smallest absolute Gasteiger partial charge is 0.252 e. The summed E-state index contributed by atoms with van der Waals surface area (Å²) < 4.78 is 6.41. The monoisotopic (exact) mass is 345 g/mol. The Morgan fingerprint density at radius 2 is 2.16 bits per heavy atom. The van der Waals surface area contributed by atoms with Crippen molar-refractivity contribution in [2.75, 3.05) is 13.2 Å². The first kappa shape index (κ1) is 14.8. The molecule has 1 fully saturated rings. The van der Waals surface area contributed by atoms with E-state index in [9.17, 15) is 4.79 Å². The lowest BCUT2D eigenvalue weighted by Crippen LogP contribution is -2.28. The molecule has 1 aliphatic carbocycles. The van der Waals surface area contributed by atoms with Crippen LogP contribution < -0.4 is 5.32 Å². The minimum atomic E-state index is -0.165. The Hall–Kier alpha value is -0.580. The molecule has 1 aromatic carbocycles. The van der Waals surface area contributed by atoms with Crippen LogP contribution in [0.2, 0.25) is 5.02 Å². The Kier molecular flexibility index (Phi) is 5.67. The molecular formula is C14H17BrClNO2. The van der Waals surface area contributed by atoms with Crippen molar-refractivity contribution in [3.8, 4) is 0 Å². The lowest BCUT2D eigenvalue weighted by Gasteiger charge is -2.12. The molecule has 0 saturated heterocycles. The third-order valence-electron chi connectivity index (χ3n) is 3.24. The molecule has 0 aromatic heterocycles. The largest absolute Gasteiger partial charge is 0.376 e. The molecule has 19 heavy (non-hydrogen) atoms. The molecule has 2 rings (SSSR count). The van der Waals surface area contributed by atoms with Gasteiger partial charge in [-0.1, -0.05) is 30.5 Å². The maximum Gasteiger partial charge on any atom is 0.252 e. The fraction of sp³-hybridized carbons (Fsp3) is 0.500. The summed E-state index contributed by atoms with van der Waals surface area (Å²) in [5.41, 5.74) is 0.483. The summed E-state index contributed by atoms with van der Waals surface area (Å²) in [7, 11) is 0. The summed E-state index contributed by atoms with van der Waals surface area (Å²) in [5.74, 6) is -0.165. The molecular weight excluding hydrogens is 330 g/mol. The molecule has 1 saturated carbocycles. The fourth-order valence-electron chi connectivity index (χ4n) is 2.22. The second-order valence-corrected chi connectivity index (χ2v) is 5.87. The third kappa shape index (κ3) is 4.20. The van der Waals surface area contributed by atoms with Gasteiger partial charge in [-0.15, -0.1) is 0 Å². The van der Waals surface area contributed by atoms with Crippen molar-refractivity contribution in [1.29, 1.82) is 0 Å². The molecule has 0 radical (unpaired) electrons. The van der Waals surface area contributed by atoms with Crippen LogP contribution >= 0.6 is 27.5 Å². The number of carbonyl (C=O) groups is 1. The van der Waals surface area contributed by atoms with Gasteiger partial charge in [-0.25, -0.2) is 0 Å². The lowest BCUT2D eigenvalue weighted by atomic mass is 10.2. The van der Waals surface area contributed by atoms with Crippen LogP contribution in [-0.4, -0.2) is 25.2 Å². The first-order valence-electron chi connectivity index (χ1n) is 6.52. The van der Waals surface area contributed by atoms with Gasteiger partial charge in [0.15, 0.2) is 0 Å². The highest BCUT2D eigenvalue weighted by molar-refractivity contribution is 9.10. The van der Waals surface area contributed by atoms with Crippen molar-refractivity contribution in [1.82, 2.24) is 5.32 Å². The van der Waals surface area contributed by atoms with Crippen molar-refractivity contribution in [2.24, 2.45) is 0 Å². The van der Waals surface area contributed by atoms with Crippen molar-refractivity contribution in [3.05, 3.63) is 33.3 Å². The van der Waals surface area contributed by atoms with Crippen molar-refractivity contribution < 1.29 is 9.53 Å². The summed E-state index contributed by atoms with van der Waals surface area (Å²) >= 11 is 9.37. The van der Waals surface area contributed by atoms with Gasteiger partial charge in [-0.05, 0) is 40.9 Å². The quantitative estimate of drug-likeness (QED) is 0.824. The Morgan fingerprint density at radius 3 is 2.89 bits per heavy atom. The average Bonchev–Trinajstić information content (AvgIpc) is 2.91. The van der Waals surface area contributed by atoms with E-state index in [-0.39, 0.29) is 5.91 Å². The summed E-state index contributed by atoms with van der Waals surface area (Å²) in [6.45, 7) is 1.07. The molecule has 0 heterocycles. The number of carbonyl (C=O) groups excluding carboxylic acids is 1. The van der Waals surface area contributed by atoms with Crippen LogP contribution in [0.4, 0.5) is 0 Å². The molecule has 0 bridgehead atoms. The van der Waals surface area contributed by atoms with E-state index >= 15 is 0 Å². The van der Waals surface area contributed by atoms with Crippen LogP contribution in [0.15, 0.2) is 22.7 Å². The highest BCUT2D eigenvalue weighted by atomic mass is 79.9. The highest BCUT2D eigenvalue weighted by Gasteiger charge is 2.15. The number of ether oxygens (including phenoxy) is 1. The zero-order chi connectivity index (χ0) is 13.7. The van der Waals surface area contributed by atoms with E-state index in [0.717, 1.165) is 17.3 Å². The topological polar surface area (TPSA) is 38.3 Å². The Bertz CT molecular complexity index is 447. The van der Waals surface area contributed by atoms with Gasteiger partial charge in [-0.2, -0.15) is 0 Å². The van der Waals surface area contributed by atoms with E-state index in [4.69, 9.17) is 16.3 Å². The molecule has 3 nitrogen and oxygen atoms in total. The Morgan fingerprint density at radius 1 is 1.42 bits per heavy atom. The standard InChI is InChI=1S/C14H17BrClNO2/c15-12-7-3-6-11(13(12)16)14(18)17-8-9-19-10-4-1-2-5-10/h3,6-7,10H,1-2,4-5,8-9H2,(H,17,18). The molecule has 0 unspecified atom stereocenters. The van der Waals surface area contributed by atoms with Gasteiger partial charge in [0.2, 0.25) is 0 Å². The third-order valence-corrected chi connectivity index (χ3v) is 4.54. The average molecular weight is 347 g/mol. The van der Waals surface area contributed by atoms with Gasteiger partial charge >= 0.3 is 0 Å². The van der Waals surface area contributed by atoms with E-state index in [1.54, 1.807) is 12.1 Å². The predicted molar refractivity (Wildman–Crippen MR) is 79.7 cm³/mol. The van der Waals surface area contributed by atoms with E-state index in [2.05, 4.69) is 21.2 Å². The van der Waals surface area contributed by atoms with Crippen molar-refractivity contribution in [2.45, 2.75) is 31.8 Å². The van der Waals surface area contributed by atoms with E-state index < -0.39 is 0 Å². The Labute approximate surface area is 126 Å². The van der Waals surface area contributed by atoms with Gasteiger partial charge in [0.1, 0.15) is 0 Å². The maximum absolute atomic E-state index is 11.9. The zero-order valence-corrected chi connectivity index (χ0v) is 13.0. The van der Waals surface area contributed by atoms with Gasteiger partial charge in [0.25, 0.3) is 5.91 Å². The van der Waals surface area contributed by atoms with Crippen LogP contribution in [0.3, 0.4) is 0 Å². The van der Waals surface area contributed by atoms with E-state index in [0.29, 0.717) is 29.8 Å². The van der Waals surface area contributed by atoms with Crippen LogP contribution in [0.1, 0.15) is 36.0 Å². The minimum absolute atomic E-state index is 0.165. The normalized spacial score (nSPS) is 15.7. The second kappa shape index (κ2) is 7.27. The molecule has 0 spiro atoms. The van der Waals surface area contributed by atoms with Crippen LogP contribution in [0.25, 0.3) is 0 Å². The van der Waals surface area contributed by atoms with E-state index in [1.165, 1.54) is 12.8 Å². The first-order chi connectivity index (χ1) is 9.18. The van der Waals surface area contributed by atoms with Gasteiger partial charge in [0, 0.05) is 11.0 Å². The first-order valence-corrected chi connectivity index (χ1v) is 7.69. The Balaban J connectivity index is 1.76. The molecule has 1 aliphatic rings. The van der Waals surface area contributed by atoms with Crippen LogP contribution in [0, 0.1) is 0 Å².